The zero-order chi connectivity index (χ0) is 32.5. The predicted octanol–water partition coefficient (Wildman–Crippen LogP) is 13.8. The molecule has 0 amide bonds. The van der Waals surface area contributed by atoms with Crippen LogP contribution in [-0.4, -0.2) is 0 Å². The van der Waals surface area contributed by atoms with Gasteiger partial charge in [-0.2, -0.15) is 0 Å². The van der Waals surface area contributed by atoms with Crippen molar-refractivity contribution in [3.63, 3.8) is 0 Å². The molecule has 226 valence electrons. The molecular weight excluding hydrogens is 595 g/mol. The Morgan fingerprint density at radius 3 is 1.41 bits per heavy atom. The van der Waals surface area contributed by atoms with E-state index in [1.807, 2.05) is 12.1 Å². The monoisotopic (exact) mass is 621 g/mol. The maximum absolute atomic E-state index is 8.05. The average Bonchev–Trinajstić information content (AvgIpc) is 3.54. The lowest BCUT2D eigenvalue weighted by molar-refractivity contribution is 0.669. The lowest BCUT2D eigenvalue weighted by Gasteiger charge is -2.17. The van der Waals surface area contributed by atoms with Crippen molar-refractivity contribution in [3.05, 3.63) is 175 Å². The molecule has 0 aliphatic carbocycles. The number of nitrogens with zero attached hydrogens (tertiary/aromatic N) is 1. The van der Waals surface area contributed by atoms with E-state index in [1.54, 1.807) is 0 Å². The lowest BCUT2D eigenvalue weighted by atomic mass is 9.85. The Hall–Kier alpha value is -6.69. The second kappa shape index (κ2) is 10.7. The van der Waals surface area contributed by atoms with Gasteiger partial charge in [-0.15, -0.1) is 0 Å². The standard InChI is InChI=1S/C47H27NO/c1-48-47-37-22-11-9-20-35(37)45(36-21-10-12-23-38(36)47)40-24-13-25-41-46(40)39-27-26-30(28-42(39)49-41)44-33-18-7-5-16-31(33)43(29-14-3-2-4-15-29)32-17-6-8-19-34(32)44/h2-28H. The minimum absolute atomic E-state index is 0.696. The average molecular weight is 622 g/mol. The summed E-state index contributed by atoms with van der Waals surface area (Å²) in [6.07, 6.45) is 0. The Balaban J connectivity index is 1.26. The van der Waals surface area contributed by atoms with Gasteiger partial charge in [-0.25, -0.2) is 4.85 Å². The highest BCUT2D eigenvalue weighted by Gasteiger charge is 2.21. The van der Waals surface area contributed by atoms with Crippen LogP contribution in [0, 0.1) is 6.57 Å². The molecule has 0 saturated heterocycles. The van der Waals surface area contributed by atoms with Crippen LogP contribution >= 0.6 is 0 Å². The summed E-state index contributed by atoms with van der Waals surface area (Å²) in [6, 6.07) is 57.8. The number of hydrogen-bond acceptors (Lipinski definition) is 1. The van der Waals surface area contributed by atoms with E-state index in [2.05, 4.69) is 157 Å². The van der Waals surface area contributed by atoms with Gasteiger partial charge in [0.2, 0.25) is 5.69 Å². The van der Waals surface area contributed by atoms with Gasteiger partial charge in [0.25, 0.3) is 0 Å². The van der Waals surface area contributed by atoms with Crippen LogP contribution in [0.3, 0.4) is 0 Å². The molecule has 0 unspecified atom stereocenters. The van der Waals surface area contributed by atoms with Crippen molar-refractivity contribution in [2.24, 2.45) is 0 Å². The molecule has 0 aliphatic heterocycles. The van der Waals surface area contributed by atoms with E-state index in [-0.39, 0.29) is 0 Å². The predicted molar refractivity (Wildman–Crippen MR) is 206 cm³/mol. The quantitative estimate of drug-likeness (QED) is 0.142. The van der Waals surface area contributed by atoms with Gasteiger partial charge in [0, 0.05) is 10.8 Å². The fourth-order valence-electron chi connectivity index (χ4n) is 8.06. The van der Waals surface area contributed by atoms with Crippen molar-refractivity contribution in [2.45, 2.75) is 0 Å². The molecule has 9 aromatic carbocycles. The first-order valence-electron chi connectivity index (χ1n) is 16.6. The first kappa shape index (κ1) is 27.4. The zero-order valence-electron chi connectivity index (χ0n) is 26.4. The molecule has 2 heteroatoms. The largest absolute Gasteiger partial charge is 0.456 e. The maximum atomic E-state index is 8.05. The van der Waals surface area contributed by atoms with E-state index in [0.717, 1.165) is 60.2 Å². The minimum atomic E-state index is 0.696. The number of fused-ring (bicyclic) bond motifs is 7. The maximum Gasteiger partial charge on any atom is 0.202 e. The molecule has 0 radical (unpaired) electrons. The molecule has 0 fully saturated rings. The van der Waals surface area contributed by atoms with Gasteiger partial charge < -0.3 is 4.42 Å². The summed E-state index contributed by atoms with van der Waals surface area (Å²) in [7, 11) is 0. The van der Waals surface area contributed by atoms with Crippen LogP contribution < -0.4 is 0 Å². The molecule has 0 N–H and O–H groups in total. The third-order valence-electron chi connectivity index (χ3n) is 10.1. The molecule has 0 atom stereocenters. The normalized spacial score (nSPS) is 11.7. The molecular formula is C47H27NO. The van der Waals surface area contributed by atoms with Crippen molar-refractivity contribution < 1.29 is 4.42 Å². The van der Waals surface area contributed by atoms with E-state index < -0.39 is 0 Å². The third-order valence-corrected chi connectivity index (χ3v) is 10.1. The highest BCUT2D eigenvalue weighted by atomic mass is 16.3. The Bertz CT molecular complexity index is 2880. The highest BCUT2D eigenvalue weighted by Crippen LogP contribution is 2.48. The number of rotatable bonds is 3. The second-order valence-electron chi connectivity index (χ2n) is 12.6. The van der Waals surface area contributed by atoms with E-state index in [1.165, 1.54) is 38.2 Å². The van der Waals surface area contributed by atoms with E-state index in [9.17, 15) is 0 Å². The van der Waals surface area contributed by atoms with Crippen molar-refractivity contribution in [1.82, 2.24) is 0 Å². The fraction of sp³-hybridized carbons (Fsp3) is 0. The number of benzene rings is 9. The van der Waals surface area contributed by atoms with Crippen LogP contribution in [0.1, 0.15) is 0 Å². The van der Waals surface area contributed by atoms with Crippen LogP contribution in [0.2, 0.25) is 0 Å². The van der Waals surface area contributed by atoms with Gasteiger partial charge in [0.15, 0.2) is 0 Å². The SMILES string of the molecule is [C-]#[N+]c1c2ccccc2c(-c2cccc3oc4cc(-c5c6ccccc6c(-c6ccccc6)c6ccccc56)ccc4c23)c2ccccc12. The Labute approximate surface area is 282 Å². The molecule has 10 aromatic rings. The zero-order valence-corrected chi connectivity index (χ0v) is 26.4. The van der Waals surface area contributed by atoms with Crippen LogP contribution in [0.25, 0.3) is 103 Å². The van der Waals surface area contributed by atoms with Crippen LogP contribution in [-0.2, 0) is 0 Å². The number of hydrogen-bond donors (Lipinski definition) is 0. The summed E-state index contributed by atoms with van der Waals surface area (Å²) in [5.74, 6) is 0. The molecule has 0 spiro atoms. The summed E-state index contributed by atoms with van der Waals surface area (Å²) in [4.78, 5) is 4.00. The fourth-order valence-corrected chi connectivity index (χ4v) is 8.06. The Kier molecular flexibility index (Phi) is 5.97. The van der Waals surface area contributed by atoms with Gasteiger partial charge in [0.1, 0.15) is 11.2 Å². The Morgan fingerprint density at radius 1 is 0.367 bits per heavy atom. The van der Waals surface area contributed by atoms with Gasteiger partial charge in [-0.05, 0) is 94.7 Å². The minimum Gasteiger partial charge on any atom is -0.456 e. The van der Waals surface area contributed by atoms with Gasteiger partial charge in [0.05, 0.1) is 6.57 Å². The van der Waals surface area contributed by atoms with Crippen molar-refractivity contribution in [2.75, 3.05) is 0 Å². The van der Waals surface area contributed by atoms with Crippen molar-refractivity contribution in [1.29, 1.82) is 0 Å². The molecule has 0 saturated carbocycles. The van der Waals surface area contributed by atoms with E-state index in [4.69, 9.17) is 11.0 Å². The van der Waals surface area contributed by atoms with Gasteiger partial charge in [-0.3, -0.25) is 0 Å². The smallest absolute Gasteiger partial charge is 0.202 e. The first-order chi connectivity index (χ1) is 24.3. The summed E-state index contributed by atoms with van der Waals surface area (Å²) in [5, 5.41) is 11.1. The summed E-state index contributed by atoms with van der Waals surface area (Å²) in [5.41, 5.74) is 9.44. The third kappa shape index (κ3) is 4.00. The van der Waals surface area contributed by atoms with E-state index >= 15 is 0 Å². The van der Waals surface area contributed by atoms with Crippen LogP contribution in [0.15, 0.2) is 168 Å². The topological polar surface area (TPSA) is 17.5 Å². The van der Waals surface area contributed by atoms with Crippen molar-refractivity contribution >= 4 is 70.7 Å². The van der Waals surface area contributed by atoms with Crippen LogP contribution in [0.5, 0.6) is 0 Å². The lowest BCUT2D eigenvalue weighted by Crippen LogP contribution is -1.90. The molecule has 1 heterocycles. The highest BCUT2D eigenvalue weighted by molar-refractivity contribution is 6.26. The van der Waals surface area contributed by atoms with Gasteiger partial charge >= 0.3 is 0 Å². The molecule has 49 heavy (non-hydrogen) atoms. The molecule has 10 rings (SSSR count). The molecule has 0 bridgehead atoms. The van der Waals surface area contributed by atoms with E-state index in [0.29, 0.717) is 5.69 Å². The summed E-state index contributed by atoms with van der Waals surface area (Å²) >= 11 is 0. The van der Waals surface area contributed by atoms with Crippen LogP contribution in [0.4, 0.5) is 5.69 Å². The van der Waals surface area contributed by atoms with Gasteiger partial charge in [-0.1, -0.05) is 146 Å². The summed E-state index contributed by atoms with van der Waals surface area (Å²) in [6.45, 7) is 8.05. The second-order valence-corrected chi connectivity index (χ2v) is 12.6. The summed E-state index contributed by atoms with van der Waals surface area (Å²) < 4.78 is 6.71. The first-order valence-corrected chi connectivity index (χ1v) is 16.6. The molecule has 2 nitrogen and oxygen atoms in total. The Morgan fingerprint density at radius 2 is 0.857 bits per heavy atom. The van der Waals surface area contributed by atoms with Crippen molar-refractivity contribution in [3.8, 4) is 33.4 Å². The molecule has 0 aliphatic rings. The number of furan rings is 1. The molecule has 1 aromatic heterocycles.